The number of hydrogen-bond donors (Lipinski definition) is 1. The number of hydrogen-bond acceptors (Lipinski definition) is 4. The molecule has 1 amide bonds. The molecule has 1 aromatic carbocycles. The monoisotopic (exact) mass is 385 g/mol. The smallest absolute Gasteiger partial charge is 0.223 e. The van der Waals surface area contributed by atoms with Crippen LogP contribution in [-0.4, -0.2) is 60.6 Å². The summed E-state index contributed by atoms with van der Waals surface area (Å²) in [6, 6.07) is 8.40. The zero-order chi connectivity index (χ0) is 20.1. The van der Waals surface area contributed by atoms with Crippen molar-refractivity contribution in [2.75, 3.05) is 45.2 Å². The fraction of sp³-hybridized carbons (Fsp3) is 0.636. The van der Waals surface area contributed by atoms with Gasteiger partial charge >= 0.3 is 0 Å². The lowest BCUT2D eigenvalue weighted by molar-refractivity contribution is -0.125. The number of anilines is 1. The number of aryl methyl sites for hydroxylation is 1. The Bertz CT molecular complexity index is 774. The second-order valence-electron chi connectivity index (χ2n) is 8.59. The second-order valence-corrected chi connectivity index (χ2v) is 8.59. The first-order chi connectivity index (χ1) is 13.5. The molecule has 0 radical (unpaired) electrons. The Labute approximate surface area is 168 Å². The number of carbonyl (C=O) groups excluding carboxylic acids is 1. The van der Waals surface area contributed by atoms with Crippen molar-refractivity contribution >= 4 is 22.9 Å². The highest BCUT2D eigenvalue weighted by Crippen LogP contribution is 2.27. The molecule has 1 fully saturated rings. The largest absolute Gasteiger partial charge is 0.355 e. The quantitative estimate of drug-likeness (QED) is 0.759. The van der Waals surface area contributed by atoms with Gasteiger partial charge in [-0.15, -0.1) is 0 Å². The molecular formula is C22H35N5O. The van der Waals surface area contributed by atoms with Gasteiger partial charge in [0.25, 0.3) is 0 Å². The lowest BCUT2D eigenvalue weighted by Gasteiger charge is -2.32. The summed E-state index contributed by atoms with van der Waals surface area (Å²) in [4.78, 5) is 21.8. The molecule has 0 bridgehead atoms. The average Bonchev–Trinajstić information content (AvgIpc) is 3.04. The normalized spacial score (nSPS) is 15.7. The fourth-order valence-electron chi connectivity index (χ4n) is 3.80. The van der Waals surface area contributed by atoms with Crippen molar-refractivity contribution in [1.29, 1.82) is 0 Å². The van der Waals surface area contributed by atoms with E-state index in [0.29, 0.717) is 5.92 Å². The third kappa shape index (κ3) is 5.04. The molecule has 6 nitrogen and oxygen atoms in total. The van der Waals surface area contributed by atoms with E-state index in [9.17, 15) is 4.79 Å². The van der Waals surface area contributed by atoms with Crippen molar-refractivity contribution in [3.63, 3.8) is 0 Å². The van der Waals surface area contributed by atoms with Gasteiger partial charge in [-0.25, -0.2) is 4.98 Å². The van der Waals surface area contributed by atoms with E-state index in [1.54, 1.807) is 0 Å². The number of para-hydroxylation sites is 2. The molecule has 1 aromatic heterocycles. The minimum absolute atomic E-state index is 0.118. The van der Waals surface area contributed by atoms with E-state index in [2.05, 4.69) is 57.8 Å². The van der Waals surface area contributed by atoms with E-state index in [-0.39, 0.29) is 11.8 Å². The Morgan fingerprint density at radius 3 is 2.64 bits per heavy atom. The Morgan fingerprint density at radius 2 is 1.96 bits per heavy atom. The maximum Gasteiger partial charge on any atom is 0.223 e. The highest BCUT2D eigenvalue weighted by Gasteiger charge is 2.27. The molecule has 1 aliphatic rings. The van der Waals surface area contributed by atoms with Crippen LogP contribution in [0.2, 0.25) is 0 Å². The minimum Gasteiger partial charge on any atom is -0.355 e. The molecule has 1 saturated heterocycles. The number of amides is 1. The highest BCUT2D eigenvalue weighted by molar-refractivity contribution is 5.80. The number of nitrogens with one attached hydrogen (secondary N) is 1. The first-order valence-electron chi connectivity index (χ1n) is 10.6. The summed E-state index contributed by atoms with van der Waals surface area (Å²) in [5, 5.41) is 3.08. The molecule has 2 aromatic rings. The molecule has 6 heteroatoms. The average molecular weight is 386 g/mol. The summed E-state index contributed by atoms with van der Waals surface area (Å²) in [6.45, 7) is 8.88. The predicted molar refractivity (Wildman–Crippen MR) is 116 cm³/mol. The molecule has 0 spiro atoms. The van der Waals surface area contributed by atoms with Crippen LogP contribution in [0.25, 0.3) is 11.0 Å². The van der Waals surface area contributed by atoms with Gasteiger partial charge in [-0.05, 0) is 51.4 Å². The van der Waals surface area contributed by atoms with Crippen molar-refractivity contribution in [3.05, 3.63) is 24.3 Å². The minimum atomic E-state index is 0.118. The van der Waals surface area contributed by atoms with Crippen LogP contribution < -0.4 is 10.2 Å². The number of piperidine rings is 1. The highest BCUT2D eigenvalue weighted by atomic mass is 16.1. The summed E-state index contributed by atoms with van der Waals surface area (Å²) in [5.41, 5.74) is 2.27. The van der Waals surface area contributed by atoms with Crippen LogP contribution in [0.3, 0.4) is 0 Å². The molecule has 154 valence electrons. The number of rotatable bonds is 8. The van der Waals surface area contributed by atoms with Crippen LogP contribution >= 0.6 is 0 Å². The molecule has 1 N–H and O–H groups in total. The number of likely N-dealkylation sites (N-methyl/N-ethyl adjacent to an activating group) is 1. The van der Waals surface area contributed by atoms with Crippen LogP contribution in [0.4, 0.5) is 5.95 Å². The van der Waals surface area contributed by atoms with Gasteiger partial charge in [0.1, 0.15) is 0 Å². The van der Waals surface area contributed by atoms with Gasteiger partial charge in [-0.2, -0.15) is 0 Å². The molecule has 0 saturated carbocycles. The second kappa shape index (κ2) is 9.41. The first kappa shape index (κ1) is 20.6. The van der Waals surface area contributed by atoms with E-state index in [4.69, 9.17) is 4.98 Å². The van der Waals surface area contributed by atoms with Gasteiger partial charge in [0, 0.05) is 38.6 Å². The number of aromatic nitrogens is 2. The number of nitrogens with zero attached hydrogens (tertiary/aromatic N) is 4. The number of benzene rings is 1. The predicted octanol–water partition coefficient (Wildman–Crippen LogP) is 2.98. The zero-order valence-electron chi connectivity index (χ0n) is 17.8. The lowest BCUT2D eigenvalue weighted by atomic mass is 9.96. The molecule has 28 heavy (non-hydrogen) atoms. The number of imidazole rings is 1. The van der Waals surface area contributed by atoms with E-state index in [1.807, 2.05) is 14.1 Å². The summed E-state index contributed by atoms with van der Waals surface area (Å²) < 4.78 is 2.37. The Morgan fingerprint density at radius 1 is 1.25 bits per heavy atom. The van der Waals surface area contributed by atoms with Gasteiger partial charge in [0.15, 0.2) is 0 Å². The molecule has 0 unspecified atom stereocenters. The van der Waals surface area contributed by atoms with Crippen molar-refractivity contribution in [1.82, 2.24) is 19.8 Å². The van der Waals surface area contributed by atoms with Crippen LogP contribution in [0.15, 0.2) is 24.3 Å². The maximum atomic E-state index is 12.4. The molecule has 2 heterocycles. The van der Waals surface area contributed by atoms with Gasteiger partial charge in [0.2, 0.25) is 11.9 Å². The third-order valence-corrected chi connectivity index (χ3v) is 5.57. The summed E-state index contributed by atoms with van der Waals surface area (Å²) in [5.74, 6) is 2.04. The van der Waals surface area contributed by atoms with Crippen molar-refractivity contribution in [2.45, 2.75) is 39.7 Å². The molecule has 1 aliphatic heterocycles. The van der Waals surface area contributed by atoms with E-state index >= 15 is 0 Å². The van der Waals surface area contributed by atoms with Gasteiger partial charge in [-0.3, -0.25) is 4.79 Å². The van der Waals surface area contributed by atoms with Crippen molar-refractivity contribution in [3.8, 4) is 0 Å². The Hall–Kier alpha value is -2.08. The fourth-order valence-corrected chi connectivity index (χ4v) is 3.80. The molecule has 3 rings (SSSR count). The van der Waals surface area contributed by atoms with Crippen LogP contribution in [0.5, 0.6) is 0 Å². The van der Waals surface area contributed by atoms with E-state index in [1.165, 1.54) is 5.52 Å². The molecule has 0 aliphatic carbocycles. The summed E-state index contributed by atoms with van der Waals surface area (Å²) in [7, 11) is 4.05. The first-order valence-corrected chi connectivity index (χ1v) is 10.6. The van der Waals surface area contributed by atoms with Crippen LogP contribution in [0.1, 0.15) is 33.1 Å². The topological polar surface area (TPSA) is 53.4 Å². The summed E-state index contributed by atoms with van der Waals surface area (Å²) in [6.07, 6.45) is 2.92. The van der Waals surface area contributed by atoms with Crippen LogP contribution in [0, 0.1) is 11.8 Å². The Balaban J connectivity index is 1.66. The molecular weight excluding hydrogens is 350 g/mol. The number of carbonyl (C=O) groups is 1. The third-order valence-electron chi connectivity index (χ3n) is 5.57. The van der Waals surface area contributed by atoms with Gasteiger partial charge < -0.3 is 19.7 Å². The lowest BCUT2D eigenvalue weighted by Crippen LogP contribution is -2.42. The summed E-state index contributed by atoms with van der Waals surface area (Å²) >= 11 is 0. The Kier molecular flexibility index (Phi) is 6.94. The van der Waals surface area contributed by atoms with Crippen LogP contribution in [-0.2, 0) is 11.3 Å². The van der Waals surface area contributed by atoms with Crippen molar-refractivity contribution < 1.29 is 4.79 Å². The standard InChI is InChI=1S/C22H35N5O/c1-17(2)9-15-27-20-8-6-5-7-19(20)24-22(27)26-13-10-18(11-14-26)21(28)23-12-16-25(3)4/h5-8,17-18H,9-16H2,1-4H3,(H,23,28). The zero-order valence-corrected chi connectivity index (χ0v) is 17.8. The van der Waals surface area contributed by atoms with Gasteiger partial charge in [0.05, 0.1) is 11.0 Å². The maximum absolute atomic E-state index is 12.4. The van der Waals surface area contributed by atoms with E-state index < -0.39 is 0 Å². The van der Waals surface area contributed by atoms with E-state index in [0.717, 1.165) is 63.5 Å². The van der Waals surface area contributed by atoms with Gasteiger partial charge in [-0.1, -0.05) is 26.0 Å². The van der Waals surface area contributed by atoms with Crippen molar-refractivity contribution in [2.24, 2.45) is 11.8 Å². The SMILES string of the molecule is CC(C)CCn1c(N2CCC(C(=O)NCCN(C)C)CC2)nc2ccccc21. The molecule has 0 atom stereocenters. The number of fused-ring (bicyclic) bond motifs is 1.